The number of ether oxygens (including phenoxy) is 1. The standard InChI is InChI=1S/C14H16ClNO/c1-17-14-7-6-11(8-13(14)15)12(9-16)10-4-2-3-5-10/h6-8,10,12H,2-5H2,1H3. The molecule has 0 amide bonds. The van der Waals surface area contributed by atoms with Crippen LogP contribution in [0.3, 0.4) is 0 Å². The number of nitrogens with zero attached hydrogens (tertiary/aromatic N) is 1. The molecule has 3 heteroatoms. The fraction of sp³-hybridized carbons (Fsp3) is 0.500. The van der Waals surface area contributed by atoms with Gasteiger partial charge in [-0.15, -0.1) is 0 Å². The summed E-state index contributed by atoms with van der Waals surface area (Å²) in [5.74, 6) is 1.13. The maximum absolute atomic E-state index is 9.33. The van der Waals surface area contributed by atoms with Crippen molar-refractivity contribution in [2.24, 2.45) is 5.92 Å². The zero-order valence-electron chi connectivity index (χ0n) is 9.95. The molecule has 0 heterocycles. The van der Waals surface area contributed by atoms with Crippen molar-refractivity contribution in [2.75, 3.05) is 7.11 Å². The average Bonchev–Trinajstić information content (AvgIpc) is 2.84. The molecule has 0 bridgehead atoms. The molecule has 0 N–H and O–H groups in total. The third-order valence-corrected chi connectivity index (χ3v) is 3.84. The Morgan fingerprint density at radius 2 is 2.12 bits per heavy atom. The molecule has 0 spiro atoms. The summed E-state index contributed by atoms with van der Waals surface area (Å²) in [6, 6.07) is 8.09. The van der Waals surface area contributed by atoms with Crippen LogP contribution in [0.1, 0.15) is 37.2 Å². The van der Waals surface area contributed by atoms with Gasteiger partial charge >= 0.3 is 0 Å². The van der Waals surface area contributed by atoms with Crippen LogP contribution in [0, 0.1) is 17.2 Å². The van der Waals surface area contributed by atoms with Gasteiger partial charge in [0.1, 0.15) is 5.75 Å². The number of hydrogen-bond donors (Lipinski definition) is 0. The third kappa shape index (κ3) is 2.56. The molecule has 1 atom stereocenters. The van der Waals surface area contributed by atoms with Crippen LogP contribution in [0.15, 0.2) is 18.2 Å². The number of rotatable bonds is 3. The van der Waals surface area contributed by atoms with Gasteiger partial charge in [-0.2, -0.15) is 5.26 Å². The molecule has 1 fully saturated rings. The molecule has 0 aromatic heterocycles. The second-order valence-electron chi connectivity index (χ2n) is 4.55. The zero-order valence-corrected chi connectivity index (χ0v) is 10.7. The van der Waals surface area contributed by atoms with E-state index in [0.717, 1.165) is 18.4 Å². The van der Waals surface area contributed by atoms with E-state index in [9.17, 15) is 5.26 Å². The largest absolute Gasteiger partial charge is 0.495 e. The molecule has 90 valence electrons. The molecule has 1 aliphatic carbocycles. The topological polar surface area (TPSA) is 33.0 Å². The van der Waals surface area contributed by atoms with Crippen molar-refractivity contribution in [3.05, 3.63) is 28.8 Å². The highest BCUT2D eigenvalue weighted by atomic mass is 35.5. The van der Waals surface area contributed by atoms with Gasteiger partial charge in [0.05, 0.1) is 24.1 Å². The summed E-state index contributed by atoms with van der Waals surface area (Å²) in [5.41, 5.74) is 1.02. The number of nitriles is 1. The van der Waals surface area contributed by atoms with Crippen LogP contribution in [0.25, 0.3) is 0 Å². The van der Waals surface area contributed by atoms with E-state index in [1.807, 2.05) is 18.2 Å². The summed E-state index contributed by atoms with van der Waals surface area (Å²) in [4.78, 5) is 0. The molecule has 2 nitrogen and oxygen atoms in total. The first-order valence-corrected chi connectivity index (χ1v) is 6.37. The van der Waals surface area contributed by atoms with E-state index >= 15 is 0 Å². The predicted octanol–water partition coefficient (Wildman–Crippen LogP) is 4.15. The van der Waals surface area contributed by atoms with Gasteiger partial charge < -0.3 is 4.74 Å². The van der Waals surface area contributed by atoms with Gasteiger partial charge in [-0.05, 0) is 36.5 Å². The fourth-order valence-electron chi connectivity index (χ4n) is 2.62. The normalized spacial score (nSPS) is 17.7. The van der Waals surface area contributed by atoms with E-state index in [4.69, 9.17) is 16.3 Å². The van der Waals surface area contributed by atoms with Crippen molar-refractivity contribution < 1.29 is 4.74 Å². The van der Waals surface area contributed by atoms with Crippen LogP contribution in [0.5, 0.6) is 5.75 Å². The van der Waals surface area contributed by atoms with Crippen molar-refractivity contribution in [2.45, 2.75) is 31.6 Å². The van der Waals surface area contributed by atoms with Crippen LogP contribution in [-0.2, 0) is 0 Å². The molecule has 0 radical (unpaired) electrons. The highest BCUT2D eigenvalue weighted by Crippen LogP contribution is 2.38. The Labute approximate surface area is 107 Å². The van der Waals surface area contributed by atoms with Crippen molar-refractivity contribution in [3.8, 4) is 11.8 Å². The van der Waals surface area contributed by atoms with Gasteiger partial charge in [0.2, 0.25) is 0 Å². The van der Waals surface area contributed by atoms with E-state index < -0.39 is 0 Å². The van der Waals surface area contributed by atoms with E-state index in [2.05, 4.69) is 6.07 Å². The number of benzene rings is 1. The first-order chi connectivity index (χ1) is 8.26. The Bertz CT molecular complexity index is 432. The van der Waals surface area contributed by atoms with Crippen molar-refractivity contribution in [3.63, 3.8) is 0 Å². The van der Waals surface area contributed by atoms with Crippen LogP contribution in [0.4, 0.5) is 0 Å². The molecule has 2 rings (SSSR count). The van der Waals surface area contributed by atoms with Gasteiger partial charge in [0, 0.05) is 0 Å². The first kappa shape index (κ1) is 12.3. The lowest BCUT2D eigenvalue weighted by Crippen LogP contribution is -2.07. The number of halogens is 1. The minimum Gasteiger partial charge on any atom is -0.495 e. The molecular weight excluding hydrogens is 234 g/mol. The van der Waals surface area contributed by atoms with Crippen molar-refractivity contribution in [1.29, 1.82) is 5.26 Å². The molecule has 17 heavy (non-hydrogen) atoms. The molecule has 1 saturated carbocycles. The molecule has 0 aliphatic heterocycles. The van der Waals surface area contributed by atoms with Crippen LogP contribution >= 0.6 is 11.6 Å². The molecule has 1 unspecified atom stereocenters. The molecule has 1 aliphatic rings. The summed E-state index contributed by atoms with van der Waals surface area (Å²) in [6.07, 6.45) is 4.79. The highest BCUT2D eigenvalue weighted by molar-refractivity contribution is 6.32. The van der Waals surface area contributed by atoms with Crippen LogP contribution in [-0.4, -0.2) is 7.11 Å². The first-order valence-electron chi connectivity index (χ1n) is 5.99. The van der Waals surface area contributed by atoms with Gasteiger partial charge in [-0.3, -0.25) is 0 Å². The molecule has 1 aromatic rings. The summed E-state index contributed by atoms with van der Waals surface area (Å²) in [5, 5.41) is 9.92. The second kappa shape index (κ2) is 5.42. The maximum Gasteiger partial charge on any atom is 0.137 e. The SMILES string of the molecule is COc1ccc(C(C#N)C2CCCC2)cc1Cl. The smallest absolute Gasteiger partial charge is 0.137 e. The maximum atomic E-state index is 9.33. The lowest BCUT2D eigenvalue weighted by molar-refractivity contribution is 0.414. The predicted molar refractivity (Wildman–Crippen MR) is 68.3 cm³/mol. The summed E-state index contributed by atoms with van der Waals surface area (Å²) in [6.45, 7) is 0. The van der Waals surface area contributed by atoms with Crippen molar-refractivity contribution >= 4 is 11.6 Å². The van der Waals surface area contributed by atoms with Gasteiger partial charge in [-0.25, -0.2) is 0 Å². The van der Waals surface area contributed by atoms with Gasteiger partial charge in [-0.1, -0.05) is 30.5 Å². The quantitative estimate of drug-likeness (QED) is 0.806. The monoisotopic (exact) mass is 249 g/mol. The molecule has 1 aromatic carbocycles. The summed E-state index contributed by atoms with van der Waals surface area (Å²) in [7, 11) is 1.60. The Morgan fingerprint density at radius 3 is 2.65 bits per heavy atom. The van der Waals surface area contributed by atoms with E-state index in [-0.39, 0.29) is 5.92 Å². The highest BCUT2D eigenvalue weighted by Gasteiger charge is 2.26. The Kier molecular flexibility index (Phi) is 3.91. The van der Waals surface area contributed by atoms with Crippen LogP contribution in [0.2, 0.25) is 5.02 Å². The lowest BCUT2D eigenvalue weighted by Gasteiger charge is -2.17. The zero-order chi connectivity index (χ0) is 12.3. The minimum absolute atomic E-state index is 0.0269. The van der Waals surface area contributed by atoms with Crippen molar-refractivity contribution in [1.82, 2.24) is 0 Å². The average molecular weight is 250 g/mol. The lowest BCUT2D eigenvalue weighted by atomic mass is 9.86. The Hall–Kier alpha value is -1.20. The number of hydrogen-bond acceptors (Lipinski definition) is 2. The summed E-state index contributed by atoms with van der Waals surface area (Å²) < 4.78 is 5.12. The molecular formula is C14H16ClNO. The Morgan fingerprint density at radius 1 is 1.41 bits per heavy atom. The second-order valence-corrected chi connectivity index (χ2v) is 4.95. The molecule has 0 saturated heterocycles. The van der Waals surface area contributed by atoms with E-state index in [1.165, 1.54) is 12.8 Å². The number of methoxy groups -OCH3 is 1. The fourth-order valence-corrected chi connectivity index (χ4v) is 2.89. The Balaban J connectivity index is 2.25. The van der Waals surface area contributed by atoms with E-state index in [1.54, 1.807) is 7.11 Å². The van der Waals surface area contributed by atoms with Gasteiger partial charge in [0.15, 0.2) is 0 Å². The van der Waals surface area contributed by atoms with E-state index in [0.29, 0.717) is 16.7 Å². The minimum atomic E-state index is -0.0269. The summed E-state index contributed by atoms with van der Waals surface area (Å²) >= 11 is 6.10. The van der Waals surface area contributed by atoms with Gasteiger partial charge in [0.25, 0.3) is 0 Å². The van der Waals surface area contributed by atoms with Crippen LogP contribution < -0.4 is 4.74 Å². The third-order valence-electron chi connectivity index (χ3n) is 3.55.